The van der Waals surface area contributed by atoms with E-state index in [1.54, 1.807) is 42.5 Å². The number of hydrogen-bond donors (Lipinski definition) is 2. The number of fused-ring (bicyclic) bond motifs is 1. The predicted molar refractivity (Wildman–Crippen MR) is 122 cm³/mol. The van der Waals surface area contributed by atoms with E-state index in [4.69, 9.17) is 0 Å². The van der Waals surface area contributed by atoms with Gasteiger partial charge < -0.3 is 10.6 Å². The van der Waals surface area contributed by atoms with Gasteiger partial charge in [0.25, 0.3) is 0 Å². The zero-order chi connectivity index (χ0) is 23.6. The Kier molecular flexibility index (Phi) is 6.11. The molecule has 33 heavy (non-hydrogen) atoms. The molecule has 0 unspecified atom stereocenters. The third-order valence-corrected chi connectivity index (χ3v) is 7.05. The lowest BCUT2D eigenvalue weighted by Gasteiger charge is -2.21. The number of benzene rings is 2. The molecule has 2 N–H and O–H groups in total. The summed E-state index contributed by atoms with van der Waals surface area (Å²) in [4.78, 5) is 8.61. The largest absolute Gasteiger partial charge is 0.418 e. The van der Waals surface area contributed by atoms with E-state index in [0.29, 0.717) is 34.8 Å². The number of alkyl halides is 3. The van der Waals surface area contributed by atoms with E-state index in [-0.39, 0.29) is 23.0 Å². The van der Waals surface area contributed by atoms with Crippen molar-refractivity contribution in [3.63, 3.8) is 0 Å². The molecule has 172 valence electrons. The van der Waals surface area contributed by atoms with Crippen molar-refractivity contribution >= 4 is 27.0 Å². The second kappa shape index (κ2) is 8.86. The fourth-order valence-corrected chi connectivity index (χ4v) is 4.90. The van der Waals surface area contributed by atoms with Gasteiger partial charge in [0.1, 0.15) is 12.5 Å². The van der Waals surface area contributed by atoms with Gasteiger partial charge in [-0.1, -0.05) is 13.0 Å². The number of pyridine rings is 1. The van der Waals surface area contributed by atoms with Crippen LogP contribution < -0.4 is 10.6 Å². The lowest BCUT2D eigenvalue weighted by Crippen LogP contribution is -2.22. The lowest BCUT2D eigenvalue weighted by atomic mass is 10.0. The average molecular weight is 475 g/mol. The van der Waals surface area contributed by atoms with Crippen LogP contribution in [0, 0.1) is 0 Å². The molecular formula is C23H21F3N4O2S. The van der Waals surface area contributed by atoms with Gasteiger partial charge in [-0.25, -0.2) is 13.4 Å². The van der Waals surface area contributed by atoms with Gasteiger partial charge in [-0.15, -0.1) is 0 Å². The number of rotatable bonds is 5. The number of sulfone groups is 1. The van der Waals surface area contributed by atoms with Crippen molar-refractivity contribution in [2.45, 2.75) is 24.4 Å². The maximum atomic E-state index is 13.4. The zero-order valence-corrected chi connectivity index (χ0v) is 18.5. The highest BCUT2D eigenvalue weighted by Gasteiger charge is 2.34. The second-order valence-corrected chi connectivity index (χ2v) is 9.58. The number of aromatic nitrogens is 1. The van der Waals surface area contributed by atoms with Crippen molar-refractivity contribution in [3.8, 4) is 11.3 Å². The Morgan fingerprint density at radius 3 is 2.55 bits per heavy atom. The maximum absolute atomic E-state index is 13.4. The molecule has 0 amide bonds. The van der Waals surface area contributed by atoms with E-state index in [1.807, 2.05) is 6.92 Å². The van der Waals surface area contributed by atoms with Crippen molar-refractivity contribution in [2.24, 2.45) is 4.99 Å². The van der Waals surface area contributed by atoms with Gasteiger partial charge in [0.2, 0.25) is 0 Å². The molecule has 2 aromatic carbocycles. The first-order valence-corrected chi connectivity index (χ1v) is 11.9. The molecule has 1 aromatic heterocycles. The molecule has 3 aromatic rings. The smallest absolute Gasteiger partial charge is 0.366 e. The summed E-state index contributed by atoms with van der Waals surface area (Å²) >= 11 is 0. The lowest BCUT2D eigenvalue weighted by molar-refractivity contribution is -0.137. The number of hydrogen-bond acceptors (Lipinski definition) is 6. The van der Waals surface area contributed by atoms with E-state index in [1.165, 1.54) is 12.3 Å². The number of anilines is 2. The molecule has 0 spiro atoms. The van der Waals surface area contributed by atoms with Gasteiger partial charge in [-0.3, -0.25) is 4.98 Å². The summed E-state index contributed by atoms with van der Waals surface area (Å²) in [6.07, 6.45) is -2.65. The molecule has 0 radical (unpaired) electrons. The standard InChI is InChI=1S/C23H21F3N4O2S/c1-2-12-33(31,32)17-8-6-16(7-9-17)30-22-18-10-5-15(13-20(18)28-14-29-22)21-19(23(24,25)26)4-3-11-27-21/h3-11,13,28H,2,12,14H2,1H3,(H,29,30). The fourth-order valence-electron chi connectivity index (χ4n) is 3.57. The Morgan fingerprint density at radius 2 is 1.85 bits per heavy atom. The molecule has 4 rings (SSSR count). The van der Waals surface area contributed by atoms with Crippen molar-refractivity contribution in [2.75, 3.05) is 23.1 Å². The number of amidine groups is 1. The first-order valence-electron chi connectivity index (χ1n) is 10.2. The molecule has 0 aliphatic carbocycles. The fraction of sp³-hybridized carbons (Fsp3) is 0.217. The number of aliphatic imine (C=N–C) groups is 1. The summed E-state index contributed by atoms with van der Waals surface area (Å²) in [5.41, 5.74) is 1.33. The molecule has 0 saturated carbocycles. The van der Waals surface area contributed by atoms with Crippen LogP contribution in [-0.4, -0.2) is 31.7 Å². The summed E-state index contributed by atoms with van der Waals surface area (Å²) in [5.74, 6) is 0.608. The van der Waals surface area contributed by atoms with Gasteiger partial charge in [0.05, 0.1) is 21.9 Å². The highest BCUT2D eigenvalue weighted by molar-refractivity contribution is 7.91. The summed E-state index contributed by atoms with van der Waals surface area (Å²) in [5, 5.41) is 6.24. The summed E-state index contributed by atoms with van der Waals surface area (Å²) in [7, 11) is -3.31. The van der Waals surface area contributed by atoms with Gasteiger partial charge in [0, 0.05) is 28.7 Å². The summed E-state index contributed by atoms with van der Waals surface area (Å²) < 4.78 is 64.6. The highest BCUT2D eigenvalue weighted by Crippen LogP contribution is 2.37. The summed E-state index contributed by atoms with van der Waals surface area (Å²) in [6.45, 7) is 2.04. The molecule has 1 aliphatic heterocycles. The highest BCUT2D eigenvalue weighted by atomic mass is 32.2. The van der Waals surface area contributed by atoms with Crippen molar-refractivity contribution in [1.29, 1.82) is 0 Å². The zero-order valence-electron chi connectivity index (χ0n) is 17.6. The van der Waals surface area contributed by atoms with E-state index >= 15 is 0 Å². The van der Waals surface area contributed by atoms with Gasteiger partial charge in [0.15, 0.2) is 9.84 Å². The monoisotopic (exact) mass is 474 g/mol. The minimum Gasteiger partial charge on any atom is -0.366 e. The molecule has 2 heterocycles. The van der Waals surface area contributed by atoms with Crippen LogP contribution in [0.3, 0.4) is 0 Å². The van der Waals surface area contributed by atoms with Gasteiger partial charge in [-0.2, -0.15) is 13.2 Å². The molecule has 0 fully saturated rings. The number of nitrogens with one attached hydrogen (secondary N) is 2. The molecular weight excluding hydrogens is 453 g/mol. The van der Waals surface area contributed by atoms with Crippen molar-refractivity contribution in [3.05, 3.63) is 71.9 Å². The van der Waals surface area contributed by atoms with Crippen LogP contribution >= 0.6 is 0 Å². The number of nitrogens with zero attached hydrogens (tertiary/aromatic N) is 2. The molecule has 0 atom stereocenters. The topological polar surface area (TPSA) is 83.5 Å². The average Bonchev–Trinajstić information content (AvgIpc) is 2.79. The van der Waals surface area contributed by atoms with E-state index in [0.717, 1.165) is 6.07 Å². The number of halogens is 3. The Labute approximate surface area is 189 Å². The molecule has 10 heteroatoms. The van der Waals surface area contributed by atoms with Crippen LogP contribution in [0.1, 0.15) is 24.5 Å². The molecule has 6 nitrogen and oxygen atoms in total. The third-order valence-electron chi connectivity index (χ3n) is 5.12. The molecule has 1 aliphatic rings. The first-order chi connectivity index (χ1) is 15.7. The SMILES string of the molecule is CCCS(=O)(=O)c1ccc(NC2=NCNc3cc(-c4ncccc4C(F)(F)F)ccc32)cc1. The van der Waals surface area contributed by atoms with E-state index < -0.39 is 21.6 Å². The predicted octanol–water partition coefficient (Wildman–Crippen LogP) is 5.19. The third kappa shape index (κ3) is 4.85. The summed E-state index contributed by atoms with van der Waals surface area (Å²) in [6, 6.07) is 13.5. The van der Waals surface area contributed by atoms with Gasteiger partial charge >= 0.3 is 6.18 Å². The van der Waals surface area contributed by atoms with Crippen LogP contribution in [0.25, 0.3) is 11.3 Å². The Balaban J connectivity index is 1.60. The maximum Gasteiger partial charge on any atom is 0.418 e. The molecule has 0 saturated heterocycles. The minimum atomic E-state index is -4.52. The van der Waals surface area contributed by atoms with E-state index in [9.17, 15) is 21.6 Å². The van der Waals surface area contributed by atoms with Crippen LogP contribution in [0.5, 0.6) is 0 Å². The minimum absolute atomic E-state index is 0.0835. The van der Waals surface area contributed by atoms with Crippen LogP contribution in [-0.2, 0) is 16.0 Å². The quantitative estimate of drug-likeness (QED) is 0.532. The van der Waals surface area contributed by atoms with Crippen molar-refractivity contribution in [1.82, 2.24) is 4.98 Å². The normalized spacial score (nSPS) is 13.6. The Morgan fingerprint density at radius 1 is 1.09 bits per heavy atom. The first kappa shape index (κ1) is 22.8. The molecule has 0 bridgehead atoms. The Bertz CT molecular complexity index is 1300. The van der Waals surface area contributed by atoms with Crippen molar-refractivity contribution < 1.29 is 21.6 Å². The Hall–Kier alpha value is -3.40. The van der Waals surface area contributed by atoms with Crippen LogP contribution in [0.15, 0.2) is 70.7 Å². The second-order valence-electron chi connectivity index (χ2n) is 7.47. The van der Waals surface area contributed by atoms with E-state index in [2.05, 4.69) is 20.6 Å². The van der Waals surface area contributed by atoms with Crippen LogP contribution in [0.4, 0.5) is 24.5 Å². The van der Waals surface area contributed by atoms with Gasteiger partial charge in [-0.05, 0) is 55.0 Å². The van der Waals surface area contributed by atoms with Crippen LogP contribution in [0.2, 0.25) is 0 Å².